The van der Waals surface area contributed by atoms with Gasteiger partial charge in [0.1, 0.15) is 5.52 Å². The number of amides is 1. The lowest BCUT2D eigenvalue weighted by Crippen LogP contribution is -2.29. The molecule has 0 aliphatic heterocycles. The molecule has 3 rings (SSSR count). The molecule has 23 heavy (non-hydrogen) atoms. The Morgan fingerprint density at radius 2 is 1.91 bits per heavy atom. The van der Waals surface area contributed by atoms with Gasteiger partial charge in [-0.15, -0.1) is 0 Å². The molecule has 1 aromatic heterocycles. The van der Waals surface area contributed by atoms with Crippen LogP contribution in [0.4, 0.5) is 10.8 Å². The van der Waals surface area contributed by atoms with E-state index in [1.165, 1.54) is 11.3 Å². The number of fused-ring (bicyclic) bond motifs is 1. The van der Waals surface area contributed by atoms with Gasteiger partial charge in [0, 0.05) is 25.3 Å². The highest BCUT2D eigenvalue weighted by molar-refractivity contribution is 7.22. The smallest absolute Gasteiger partial charge is 0.269 e. The van der Waals surface area contributed by atoms with Crippen molar-refractivity contribution in [3.8, 4) is 0 Å². The van der Waals surface area contributed by atoms with E-state index in [2.05, 4.69) is 15.8 Å². The fourth-order valence-corrected chi connectivity index (χ4v) is 3.18. The molecule has 5 nitrogen and oxygen atoms in total. The largest absolute Gasteiger partial charge is 0.378 e. The van der Waals surface area contributed by atoms with Crippen LogP contribution in [0.1, 0.15) is 10.4 Å². The second kappa shape index (κ2) is 6.44. The van der Waals surface area contributed by atoms with Crippen molar-refractivity contribution in [2.24, 2.45) is 0 Å². The zero-order valence-corrected chi connectivity index (χ0v) is 14.2. The summed E-state index contributed by atoms with van der Waals surface area (Å²) in [5.74, 6) is -0.222. The molecule has 0 radical (unpaired) electrons. The van der Waals surface area contributed by atoms with Crippen LogP contribution in [0.15, 0.2) is 42.5 Å². The molecule has 0 aliphatic rings. The first-order chi connectivity index (χ1) is 11.0. The number of benzene rings is 2. The molecule has 2 N–H and O–H groups in total. The Morgan fingerprint density at radius 3 is 2.57 bits per heavy atom. The molecule has 2 aromatic carbocycles. The number of nitrogens with zero attached hydrogens (tertiary/aromatic N) is 2. The first-order valence-corrected chi connectivity index (χ1v) is 8.13. The third-order valence-corrected chi connectivity index (χ3v) is 4.54. The number of hydrogen-bond acceptors (Lipinski definition) is 5. The molecule has 0 fully saturated rings. The van der Waals surface area contributed by atoms with Crippen molar-refractivity contribution in [3.05, 3.63) is 53.1 Å². The van der Waals surface area contributed by atoms with Gasteiger partial charge in [0.15, 0.2) is 0 Å². The van der Waals surface area contributed by atoms with Crippen molar-refractivity contribution in [1.29, 1.82) is 0 Å². The van der Waals surface area contributed by atoms with E-state index < -0.39 is 0 Å². The van der Waals surface area contributed by atoms with Crippen molar-refractivity contribution >= 4 is 49.9 Å². The molecule has 3 aromatic rings. The summed E-state index contributed by atoms with van der Waals surface area (Å²) in [5.41, 5.74) is 7.82. The van der Waals surface area contributed by atoms with Gasteiger partial charge in [-0.05, 0) is 36.4 Å². The molecule has 1 heterocycles. The predicted octanol–water partition coefficient (Wildman–Crippen LogP) is 3.77. The van der Waals surface area contributed by atoms with Crippen molar-refractivity contribution in [2.75, 3.05) is 24.4 Å². The molecule has 7 heteroatoms. The fourth-order valence-electron chi connectivity index (χ4n) is 2.06. The molecule has 0 saturated heterocycles. The van der Waals surface area contributed by atoms with Crippen molar-refractivity contribution < 1.29 is 4.79 Å². The molecule has 0 bridgehead atoms. The summed E-state index contributed by atoms with van der Waals surface area (Å²) in [7, 11) is 3.91. The second-order valence-electron chi connectivity index (χ2n) is 5.13. The number of hydrazine groups is 1. The number of thiazole rings is 1. The summed E-state index contributed by atoms with van der Waals surface area (Å²) >= 11 is 7.52. The molecule has 118 valence electrons. The van der Waals surface area contributed by atoms with E-state index in [4.69, 9.17) is 11.6 Å². The average molecular weight is 347 g/mol. The first-order valence-electron chi connectivity index (χ1n) is 6.93. The topological polar surface area (TPSA) is 57.3 Å². The van der Waals surface area contributed by atoms with Gasteiger partial charge in [-0.3, -0.25) is 15.6 Å². The minimum absolute atomic E-state index is 0.222. The van der Waals surface area contributed by atoms with Gasteiger partial charge in [0.25, 0.3) is 5.91 Å². The second-order valence-corrected chi connectivity index (χ2v) is 6.56. The minimum atomic E-state index is -0.222. The zero-order chi connectivity index (χ0) is 16.4. The van der Waals surface area contributed by atoms with E-state index in [1.807, 2.05) is 43.3 Å². The Balaban J connectivity index is 1.69. The van der Waals surface area contributed by atoms with Crippen LogP contribution in [0.5, 0.6) is 0 Å². The van der Waals surface area contributed by atoms with Gasteiger partial charge in [-0.25, -0.2) is 4.98 Å². The lowest BCUT2D eigenvalue weighted by molar-refractivity contribution is 0.0962. The summed E-state index contributed by atoms with van der Waals surface area (Å²) in [4.78, 5) is 18.5. The quantitative estimate of drug-likeness (QED) is 0.706. The normalized spacial score (nSPS) is 10.6. The zero-order valence-electron chi connectivity index (χ0n) is 12.6. The third kappa shape index (κ3) is 3.38. The molecular weight excluding hydrogens is 332 g/mol. The number of para-hydroxylation sites is 1. The Labute approximate surface area is 142 Å². The summed E-state index contributed by atoms with van der Waals surface area (Å²) in [6, 6.07) is 12.9. The number of rotatable bonds is 4. The Kier molecular flexibility index (Phi) is 4.36. The van der Waals surface area contributed by atoms with E-state index in [0.29, 0.717) is 15.7 Å². The maximum Gasteiger partial charge on any atom is 0.269 e. The van der Waals surface area contributed by atoms with E-state index in [1.54, 1.807) is 18.2 Å². The highest BCUT2D eigenvalue weighted by Gasteiger charge is 2.09. The van der Waals surface area contributed by atoms with Crippen LogP contribution in [0.2, 0.25) is 5.02 Å². The molecular formula is C16H15ClN4OS. The standard InChI is InChI=1S/C16H15ClN4OS/c1-21(2)11-8-6-10(7-9-11)15(22)19-20-16-18-14-12(17)4-3-5-13(14)23-16/h3-9H,1-2H3,(H,18,20)(H,19,22). The van der Waals surface area contributed by atoms with Crippen molar-refractivity contribution in [2.45, 2.75) is 0 Å². The fraction of sp³-hybridized carbons (Fsp3) is 0.125. The molecule has 0 aliphatic carbocycles. The summed E-state index contributed by atoms with van der Waals surface area (Å²) in [6.45, 7) is 0. The molecule has 1 amide bonds. The van der Waals surface area contributed by atoms with Crippen LogP contribution in [-0.2, 0) is 0 Å². The van der Waals surface area contributed by atoms with Crippen molar-refractivity contribution in [3.63, 3.8) is 0 Å². The SMILES string of the molecule is CN(C)c1ccc(C(=O)NNc2nc3c(Cl)cccc3s2)cc1. The van der Waals surface area contributed by atoms with Crippen molar-refractivity contribution in [1.82, 2.24) is 10.4 Å². The lowest BCUT2D eigenvalue weighted by Gasteiger charge is -2.12. The van der Waals surface area contributed by atoms with Crippen LogP contribution in [0.3, 0.4) is 0 Å². The number of hydrogen-bond donors (Lipinski definition) is 2. The Morgan fingerprint density at radius 1 is 1.17 bits per heavy atom. The highest BCUT2D eigenvalue weighted by Crippen LogP contribution is 2.30. The average Bonchev–Trinajstić information content (AvgIpc) is 2.97. The van der Waals surface area contributed by atoms with E-state index in [-0.39, 0.29) is 5.91 Å². The highest BCUT2D eigenvalue weighted by atomic mass is 35.5. The monoisotopic (exact) mass is 346 g/mol. The third-order valence-electron chi connectivity index (χ3n) is 3.30. The number of halogens is 1. The number of carbonyl (C=O) groups excluding carboxylic acids is 1. The number of aromatic nitrogens is 1. The van der Waals surface area contributed by atoms with Crippen LogP contribution in [0.25, 0.3) is 10.2 Å². The molecule has 0 unspecified atom stereocenters. The number of anilines is 2. The maximum absolute atomic E-state index is 12.1. The van der Waals surface area contributed by atoms with Gasteiger partial charge in [-0.1, -0.05) is 29.0 Å². The summed E-state index contributed by atoms with van der Waals surface area (Å²) < 4.78 is 0.963. The van der Waals surface area contributed by atoms with E-state index >= 15 is 0 Å². The lowest BCUT2D eigenvalue weighted by atomic mass is 10.2. The molecule has 0 atom stereocenters. The van der Waals surface area contributed by atoms with Crippen LogP contribution < -0.4 is 15.8 Å². The minimum Gasteiger partial charge on any atom is -0.378 e. The number of nitrogens with one attached hydrogen (secondary N) is 2. The first kappa shape index (κ1) is 15.6. The maximum atomic E-state index is 12.1. The molecule has 0 spiro atoms. The van der Waals surface area contributed by atoms with Gasteiger partial charge in [0.05, 0.1) is 9.72 Å². The number of carbonyl (C=O) groups is 1. The Bertz CT molecular complexity index is 845. The van der Waals surface area contributed by atoms with Gasteiger partial charge >= 0.3 is 0 Å². The predicted molar refractivity (Wildman–Crippen MR) is 96.5 cm³/mol. The van der Waals surface area contributed by atoms with Crippen LogP contribution >= 0.6 is 22.9 Å². The van der Waals surface area contributed by atoms with Crippen LogP contribution in [-0.4, -0.2) is 25.0 Å². The summed E-state index contributed by atoms with van der Waals surface area (Å²) in [6.07, 6.45) is 0. The van der Waals surface area contributed by atoms with Crippen LogP contribution in [0, 0.1) is 0 Å². The van der Waals surface area contributed by atoms with Gasteiger partial charge < -0.3 is 4.90 Å². The summed E-state index contributed by atoms with van der Waals surface area (Å²) in [5, 5.41) is 1.18. The van der Waals surface area contributed by atoms with E-state index in [9.17, 15) is 4.79 Å². The van der Waals surface area contributed by atoms with E-state index in [0.717, 1.165) is 15.9 Å². The van der Waals surface area contributed by atoms with Gasteiger partial charge in [-0.2, -0.15) is 0 Å². The molecule has 0 saturated carbocycles. The van der Waals surface area contributed by atoms with Gasteiger partial charge in [0.2, 0.25) is 5.13 Å². The Hall–Kier alpha value is -2.31.